The van der Waals surface area contributed by atoms with Crippen LogP contribution in [0.4, 0.5) is 11.4 Å². The maximum absolute atomic E-state index is 12.1. The average Bonchev–Trinajstić information content (AvgIpc) is 2.60. The highest BCUT2D eigenvalue weighted by Crippen LogP contribution is 2.27. The molecule has 2 N–H and O–H groups in total. The largest absolute Gasteiger partial charge is 0.595 e. The molecule has 0 radical (unpaired) electrons. The number of rotatable bonds is 4. The van der Waals surface area contributed by atoms with Crippen LogP contribution in [0.3, 0.4) is 0 Å². The molecule has 0 aliphatic carbocycles. The Kier molecular flexibility index (Phi) is 5.05. The minimum Gasteiger partial charge on any atom is -0.595 e. The van der Waals surface area contributed by atoms with Gasteiger partial charge in [-0.05, 0) is 39.0 Å². The van der Waals surface area contributed by atoms with Gasteiger partial charge in [-0.1, -0.05) is 12.1 Å². The highest BCUT2D eigenvalue weighted by molar-refractivity contribution is 9.10. The van der Waals surface area contributed by atoms with Crippen molar-refractivity contribution in [3.05, 3.63) is 64.3 Å². The summed E-state index contributed by atoms with van der Waals surface area (Å²) in [6, 6.07) is 7.31. The number of nitrogens with zero attached hydrogens (tertiary/aromatic N) is 3. The van der Waals surface area contributed by atoms with Crippen LogP contribution in [0.2, 0.25) is 0 Å². The van der Waals surface area contributed by atoms with Gasteiger partial charge in [-0.2, -0.15) is 5.23 Å². The number of anilines is 1. The summed E-state index contributed by atoms with van der Waals surface area (Å²) in [5, 5.41) is 21.6. The molecule has 25 heavy (non-hydrogen) atoms. The van der Waals surface area contributed by atoms with Crippen molar-refractivity contribution in [2.75, 3.05) is 4.90 Å². The second-order valence-electron chi connectivity index (χ2n) is 5.48. The number of quaternary nitrogens is 1. The smallest absolute Gasteiger partial charge is 0.224 e. The molecular formula is C17H15BrN4O3. The van der Waals surface area contributed by atoms with Crippen molar-refractivity contribution in [2.45, 2.75) is 13.5 Å². The van der Waals surface area contributed by atoms with Crippen LogP contribution < -0.4 is 10.1 Å². The Morgan fingerprint density at radius 2 is 2.08 bits per heavy atom. The molecule has 0 bridgehead atoms. The van der Waals surface area contributed by atoms with E-state index < -0.39 is 5.23 Å². The first kappa shape index (κ1) is 17.4. The standard InChI is InChI=1S/C17H15BrN4O3/c1-11(23)21(16-4-5-19-9-17(16)22(24)25)10-12-2-3-13-7-20-8-15(18)14(13)6-12/h2-9,22,24H,10H2,1H3. The van der Waals surface area contributed by atoms with Crippen molar-refractivity contribution >= 4 is 44.0 Å². The predicted molar refractivity (Wildman–Crippen MR) is 96.3 cm³/mol. The quantitative estimate of drug-likeness (QED) is 0.653. The van der Waals surface area contributed by atoms with Crippen molar-refractivity contribution in [3.63, 3.8) is 0 Å². The van der Waals surface area contributed by atoms with Gasteiger partial charge in [-0.3, -0.25) is 14.8 Å². The van der Waals surface area contributed by atoms with Gasteiger partial charge in [0.1, 0.15) is 5.69 Å². The van der Waals surface area contributed by atoms with Gasteiger partial charge in [0.15, 0.2) is 0 Å². The van der Waals surface area contributed by atoms with Gasteiger partial charge in [0.25, 0.3) is 0 Å². The summed E-state index contributed by atoms with van der Waals surface area (Å²) in [6.07, 6.45) is 6.19. The van der Waals surface area contributed by atoms with Gasteiger partial charge in [0.05, 0.1) is 12.7 Å². The summed E-state index contributed by atoms with van der Waals surface area (Å²) in [6.45, 7) is 1.66. The Labute approximate surface area is 152 Å². The molecule has 1 atom stereocenters. The van der Waals surface area contributed by atoms with Gasteiger partial charge in [0, 0.05) is 35.4 Å². The Bertz CT molecular complexity index is 933. The molecule has 8 heteroatoms. The van der Waals surface area contributed by atoms with Crippen LogP contribution in [0.1, 0.15) is 12.5 Å². The average molecular weight is 403 g/mol. The monoisotopic (exact) mass is 402 g/mol. The number of hydrogen-bond donors (Lipinski definition) is 2. The van der Waals surface area contributed by atoms with Gasteiger partial charge in [-0.15, -0.1) is 0 Å². The van der Waals surface area contributed by atoms with Crippen molar-refractivity contribution in [1.82, 2.24) is 9.97 Å². The van der Waals surface area contributed by atoms with Crippen molar-refractivity contribution < 1.29 is 15.2 Å². The van der Waals surface area contributed by atoms with Crippen LogP contribution in [-0.2, 0) is 11.3 Å². The predicted octanol–water partition coefficient (Wildman–Crippen LogP) is 2.35. The number of carbonyl (C=O) groups excluding carboxylic acids is 1. The molecule has 3 rings (SSSR count). The number of aromatic nitrogens is 2. The van der Waals surface area contributed by atoms with Gasteiger partial charge in [0.2, 0.25) is 11.6 Å². The van der Waals surface area contributed by atoms with E-state index in [-0.39, 0.29) is 18.1 Å². The molecule has 3 aromatic rings. The zero-order chi connectivity index (χ0) is 18.0. The Balaban J connectivity index is 2.01. The highest BCUT2D eigenvalue weighted by atomic mass is 79.9. The van der Waals surface area contributed by atoms with Gasteiger partial charge < -0.3 is 10.1 Å². The van der Waals surface area contributed by atoms with Crippen LogP contribution >= 0.6 is 15.9 Å². The number of carbonyl (C=O) groups is 1. The van der Waals surface area contributed by atoms with E-state index in [1.54, 1.807) is 12.4 Å². The molecule has 2 aromatic heterocycles. The summed E-state index contributed by atoms with van der Waals surface area (Å²) in [5.41, 5.74) is 1.19. The van der Waals surface area contributed by atoms with E-state index >= 15 is 0 Å². The lowest BCUT2D eigenvalue weighted by molar-refractivity contribution is -0.991. The summed E-state index contributed by atoms with van der Waals surface area (Å²) in [4.78, 5) is 21.5. The maximum Gasteiger partial charge on any atom is 0.224 e. The number of amides is 1. The number of hydrogen-bond acceptors (Lipinski definition) is 5. The molecule has 0 saturated carbocycles. The Morgan fingerprint density at radius 1 is 1.28 bits per heavy atom. The molecule has 0 saturated heterocycles. The maximum atomic E-state index is 12.1. The second kappa shape index (κ2) is 7.24. The molecule has 1 unspecified atom stereocenters. The minimum absolute atomic E-state index is 0.0103. The van der Waals surface area contributed by atoms with Crippen molar-refractivity contribution in [2.24, 2.45) is 0 Å². The molecule has 128 valence electrons. The second-order valence-corrected chi connectivity index (χ2v) is 6.33. The molecule has 0 spiro atoms. The first-order valence-electron chi connectivity index (χ1n) is 7.45. The normalized spacial score (nSPS) is 12.2. The van der Waals surface area contributed by atoms with Gasteiger partial charge >= 0.3 is 0 Å². The Hall–Kier alpha value is -2.39. The summed E-state index contributed by atoms with van der Waals surface area (Å²) in [7, 11) is 0. The molecule has 0 fully saturated rings. The number of pyridine rings is 2. The molecular weight excluding hydrogens is 388 g/mol. The third kappa shape index (κ3) is 3.67. The van der Waals surface area contributed by atoms with E-state index in [1.165, 1.54) is 30.3 Å². The topological polar surface area (TPSA) is 93.8 Å². The van der Waals surface area contributed by atoms with Crippen molar-refractivity contribution in [1.29, 1.82) is 0 Å². The lowest BCUT2D eigenvalue weighted by Crippen LogP contribution is -2.99. The molecule has 0 aliphatic rings. The van der Waals surface area contributed by atoms with Crippen LogP contribution in [0.25, 0.3) is 10.8 Å². The van der Waals surface area contributed by atoms with E-state index in [9.17, 15) is 15.2 Å². The lowest BCUT2D eigenvalue weighted by atomic mass is 10.1. The number of halogens is 1. The Morgan fingerprint density at radius 3 is 2.80 bits per heavy atom. The van der Waals surface area contributed by atoms with Crippen LogP contribution in [0, 0.1) is 5.21 Å². The fourth-order valence-electron chi connectivity index (χ4n) is 2.61. The number of nitrogens with one attached hydrogen (secondary N) is 1. The number of fused-ring (bicyclic) bond motifs is 1. The summed E-state index contributed by atoms with van der Waals surface area (Å²) < 4.78 is 0.858. The van der Waals surface area contributed by atoms with Crippen molar-refractivity contribution in [3.8, 4) is 0 Å². The third-order valence-electron chi connectivity index (χ3n) is 3.82. The van der Waals surface area contributed by atoms with Crippen LogP contribution in [-0.4, -0.2) is 21.1 Å². The van der Waals surface area contributed by atoms with E-state index in [0.29, 0.717) is 5.69 Å². The van der Waals surface area contributed by atoms with Crippen LogP contribution in [0.15, 0.2) is 53.5 Å². The summed E-state index contributed by atoms with van der Waals surface area (Å²) >= 11 is 3.47. The number of benzene rings is 1. The first-order chi connectivity index (χ1) is 12.0. The van der Waals surface area contributed by atoms with E-state index in [2.05, 4.69) is 25.9 Å². The minimum atomic E-state index is -1.12. The molecule has 1 amide bonds. The molecule has 1 aromatic carbocycles. The van der Waals surface area contributed by atoms with Crippen LogP contribution in [0.5, 0.6) is 0 Å². The molecule has 7 nitrogen and oxygen atoms in total. The zero-order valence-electron chi connectivity index (χ0n) is 13.3. The highest BCUT2D eigenvalue weighted by Gasteiger charge is 2.20. The molecule has 0 aliphatic heterocycles. The summed E-state index contributed by atoms with van der Waals surface area (Å²) in [5.74, 6) is -0.248. The lowest BCUT2D eigenvalue weighted by Gasteiger charge is -2.24. The SMILES string of the molecule is CC(=O)N(Cc1ccc2cncc(Br)c2c1)c1ccncc1[NH+]([O-])O. The fraction of sp³-hybridized carbons (Fsp3) is 0.118. The fourth-order valence-corrected chi connectivity index (χ4v) is 3.07. The van der Waals surface area contributed by atoms with E-state index in [4.69, 9.17) is 0 Å². The first-order valence-corrected chi connectivity index (χ1v) is 8.24. The molecule has 2 heterocycles. The van der Waals surface area contributed by atoms with Gasteiger partial charge in [-0.25, -0.2) is 5.21 Å². The van der Waals surface area contributed by atoms with E-state index in [0.717, 1.165) is 20.8 Å². The zero-order valence-corrected chi connectivity index (χ0v) is 14.9. The van der Waals surface area contributed by atoms with E-state index in [1.807, 2.05) is 18.2 Å². The third-order valence-corrected chi connectivity index (χ3v) is 4.45.